The van der Waals surface area contributed by atoms with Crippen molar-refractivity contribution < 1.29 is 24.5 Å². The summed E-state index contributed by atoms with van der Waals surface area (Å²) < 4.78 is 5.45. The number of carbonyl (C=O) groups is 2. The number of hydrogen-bond donors (Lipinski definition) is 3. The van der Waals surface area contributed by atoms with E-state index in [9.17, 15) is 19.8 Å². The minimum atomic E-state index is -0.679. The van der Waals surface area contributed by atoms with Crippen molar-refractivity contribution in [2.45, 2.75) is 309 Å². The SMILES string of the molecule is CCCCCCCCC/C=C\CCCCCCCC(=O)OCCCCC/C=C\C=C/CCCCCCCCC(=O)NC(CO)C(O)CCCCCCCCCCCCCCCCCC. The Bertz CT molecular complexity index is 1040. The van der Waals surface area contributed by atoms with Gasteiger partial charge in [-0.05, 0) is 83.5 Å². The van der Waals surface area contributed by atoms with Crippen molar-refractivity contribution in [1.29, 1.82) is 0 Å². The fourth-order valence-electron chi connectivity index (χ4n) is 8.57. The molecule has 0 saturated heterocycles. The fraction of sp³-hybridized carbons (Fsp3) is 0.862. The molecule has 0 aliphatic carbocycles. The molecular weight excluding hydrogens is 791 g/mol. The van der Waals surface area contributed by atoms with Crippen LogP contribution in [0.25, 0.3) is 0 Å². The summed E-state index contributed by atoms with van der Waals surface area (Å²) in [4.78, 5) is 24.5. The molecule has 0 saturated carbocycles. The first-order chi connectivity index (χ1) is 31.5. The molecular formula is C58H109NO5. The average Bonchev–Trinajstić information content (AvgIpc) is 3.29. The zero-order chi connectivity index (χ0) is 46.5. The van der Waals surface area contributed by atoms with Crippen LogP contribution in [-0.2, 0) is 14.3 Å². The van der Waals surface area contributed by atoms with Gasteiger partial charge in [0.05, 0.1) is 25.4 Å². The van der Waals surface area contributed by atoms with Crippen molar-refractivity contribution in [3.8, 4) is 0 Å². The van der Waals surface area contributed by atoms with Crippen LogP contribution in [0.3, 0.4) is 0 Å². The second kappa shape index (κ2) is 53.7. The summed E-state index contributed by atoms with van der Waals surface area (Å²) in [6.45, 7) is 4.90. The first kappa shape index (κ1) is 62.1. The number of allylic oxidation sites excluding steroid dienone is 6. The van der Waals surface area contributed by atoms with Gasteiger partial charge in [0.25, 0.3) is 0 Å². The maximum atomic E-state index is 12.5. The lowest BCUT2D eigenvalue weighted by Crippen LogP contribution is -2.45. The highest BCUT2D eigenvalue weighted by Crippen LogP contribution is 2.16. The third-order valence-electron chi connectivity index (χ3n) is 12.9. The molecule has 0 aromatic heterocycles. The van der Waals surface area contributed by atoms with Gasteiger partial charge >= 0.3 is 5.97 Å². The van der Waals surface area contributed by atoms with Crippen molar-refractivity contribution >= 4 is 11.9 Å². The van der Waals surface area contributed by atoms with Crippen LogP contribution in [0.2, 0.25) is 0 Å². The molecule has 64 heavy (non-hydrogen) atoms. The number of hydrogen-bond acceptors (Lipinski definition) is 5. The maximum absolute atomic E-state index is 12.5. The van der Waals surface area contributed by atoms with Crippen LogP contribution >= 0.6 is 0 Å². The van der Waals surface area contributed by atoms with Crippen molar-refractivity contribution in [3.63, 3.8) is 0 Å². The van der Waals surface area contributed by atoms with Crippen LogP contribution in [0.5, 0.6) is 0 Å². The molecule has 376 valence electrons. The average molecular weight is 901 g/mol. The van der Waals surface area contributed by atoms with Crippen molar-refractivity contribution in [1.82, 2.24) is 5.32 Å². The Morgan fingerprint density at radius 1 is 0.438 bits per heavy atom. The van der Waals surface area contributed by atoms with Crippen molar-refractivity contribution in [3.05, 3.63) is 36.5 Å². The minimum Gasteiger partial charge on any atom is -0.466 e. The Morgan fingerprint density at radius 3 is 1.20 bits per heavy atom. The maximum Gasteiger partial charge on any atom is 0.305 e. The summed E-state index contributed by atoms with van der Waals surface area (Å²) in [5.74, 6) is -0.0860. The molecule has 6 nitrogen and oxygen atoms in total. The zero-order valence-corrected chi connectivity index (χ0v) is 42.8. The van der Waals surface area contributed by atoms with Gasteiger partial charge in [-0.3, -0.25) is 9.59 Å². The normalized spacial score (nSPS) is 12.9. The lowest BCUT2D eigenvalue weighted by atomic mass is 10.0. The van der Waals surface area contributed by atoms with Crippen LogP contribution in [0.15, 0.2) is 36.5 Å². The lowest BCUT2D eigenvalue weighted by molar-refractivity contribution is -0.143. The van der Waals surface area contributed by atoms with E-state index in [1.165, 1.54) is 186 Å². The van der Waals surface area contributed by atoms with E-state index in [2.05, 4.69) is 55.6 Å². The van der Waals surface area contributed by atoms with Crippen LogP contribution in [-0.4, -0.2) is 47.4 Å². The molecule has 0 spiro atoms. The summed E-state index contributed by atoms with van der Waals surface area (Å²) in [6.07, 6.45) is 65.5. The van der Waals surface area contributed by atoms with E-state index in [4.69, 9.17) is 4.74 Å². The van der Waals surface area contributed by atoms with E-state index in [0.29, 0.717) is 25.9 Å². The number of unbranched alkanes of at least 4 members (excludes halogenated alkanes) is 36. The Labute approximate surface area is 398 Å². The largest absolute Gasteiger partial charge is 0.466 e. The smallest absolute Gasteiger partial charge is 0.305 e. The molecule has 0 aromatic carbocycles. The summed E-state index contributed by atoms with van der Waals surface area (Å²) >= 11 is 0. The summed E-state index contributed by atoms with van der Waals surface area (Å²) in [5.41, 5.74) is 0. The highest BCUT2D eigenvalue weighted by molar-refractivity contribution is 5.76. The predicted octanol–water partition coefficient (Wildman–Crippen LogP) is 17.2. The monoisotopic (exact) mass is 900 g/mol. The fourth-order valence-corrected chi connectivity index (χ4v) is 8.57. The molecule has 2 atom stereocenters. The van der Waals surface area contributed by atoms with Crippen molar-refractivity contribution in [2.24, 2.45) is 0 Å². The number of aliphatic hydroxyl groups is 2. The van der Waals surface area contributed by atoms with E-state index in [0.717, 1.165) is 77.0 Å². The standard InChI is InChI=1S/C58H109NO5/c1-3-5-7-9-11-13-15-17-19-22-26-30-34-38-42-46-50-56(61)55(54-60)59-57(62)51-47-43-39-35-31-27-23-21-25-29-33-37-41-45-49-53-64-58(63)52-48-44-40-36-32-28-24-20-18-16-14-12-10-8-6-4-2/h20-21,24-25,29,33,55-56,60-61H,3-19,22-23,26-28,30-32,34-54H2,1-2H3,(H,59,62)/b24-20-,25-21-,33-29-. The van der Waals surface area contributed by atoms with E-state index < -0.39 is 12.1 Å². The topological polar surface area (TPSA) is 95.9 Å². The van der Waals surface area contributed by atoms with Crippen LogP contribution in [0.4, 0.5) is 0 Å². The molecule has 0 aliphatic heterocycles. The van der Waals surface area contributed by atoms with Gasteiger partial charge in [0.15, 0.2) is 0 Å². The van der Waals surface area contributed by atoms with Crippen LogP contribution < -0.4 is 5.32 Å². The molecule has 3 N–H and O–H groups in total. The van der Waals surface area contributed by atoms with Crippen molar-refractivity contribution in [2.75, 3.05) is 13.2 Å². The molecule has 0 rings (SSSR count). The Hall–Kier alpha value is -1.92. The number of carbonyl (C=O) groups excluding carboxylic acids is 2. The summed E-state index contributed by atoms with van der Waals surface area (Å²) in [6, 6.07) is -0.559. The molecule has 0 heterocycles. The van der Waals surface area contributed by atoms with Gasteiger partial charge < -0.3 is 20.3 Å². The quantitative estimate of drug-likeness (QED) is 0.0245. The molecule has 0 aliphatic rings. The Morgan fingerprint density at radius 2 is 0.781 bits per heavy atom. The van der Waals surface area contributed by atoms with E-state index in [-0.39, 0.29) is 18.5 Å². The number of aliphatic hydroxyl groups excluding tert-OH is 2. The third kappa shape index (κ3) is 49.5. The second-order valence-electron chi connectivity index (χ2n) is 19.3. The first-order valence-corrected chi connectivity index (χ1v) is 28.3. The number of rotatable bonds is 52. The van der Waals surface area contributed by atoms with Gasteiger partial charge in [-0.1, -0.05) is 237 Å². The highest BCUT2D eigenvalue weighted by atomic mass is 16.5. The molecule has 0 aromatic rings. The first-order valence-electron chi connectivity index (χ1n) is 28.3. The van der Waals surface area contributed by atoms with Gasteiger partial charge in [0.2, 0.25) is 5.91 Å². The Balaban J connectivity index is 3.52. The lowest BCUT2D eigenvalue weighted by Gasteiger charge is -2.22. The minimum absolute atomic E-state index is 0.0291. The number of ether oxygens (including phenoxy) is 1. The predicted molar refractivity (Wildman–Crippen MR) is 278 cm³/mol. The van der Waals surface area contributed by atoms with E-state index in [1.54, 1.807) is 0 Å². The van der Waals surface area contributed by atoms with Gasteiger partial charge in [-0.15, -0.1) is 0 Å². The third-order valence-corrected chi connectivity index (χ3v) is 12.9. The van der Waals surface area contributed by atoms with E-state index in [1.807, 2.05) is 0 Å². The molecule has 0 radical (unpaired) electrons. The number of nitrogens with one attached hydrogen (secondary N) is 1. The summed E-state index contributed by atoms with van der Waals surface area (Å²) in [7, 11) is 0. The zero-order valence-electron chi connectivity index (χ0n) is 42.8. The number of amides is 1. The van der Waals surface area contributed by atoms with E-state index >= 15 is 0 Å². The van der Waals surface area contributed by atoms with Gasteiger partial charge in [0.1, 0.15) is 0 Å². The molecule has 2 unspecified atom stereocenters. The van der Waals surface area contributed by atoms with Gasteiger partial charge in [0, 0.05) is 12.8 Å². The second-order valence-corrected chi connectivity index (χ2v) is 19.3. The molecule has 0 bridgehead atoms. The van der Waals surface area contributed by atoms with Gasteiger partial charge in [-0.2, -0.15) is 0 Å². The van der Waals surface area contributed by atoms with Crippen LogP contribution in [0.1, 0.15) is 296 Å². The van der Waals surface area contributed by atoms with Crippen LogP contribution in [0, 0.1) is 0 Å². The summed E-state index contributed by atoms with van der Waals surface area (Å²) in [5, 5.41) is 23.3. The number of esters is 1. The molecule has 6 heteroatoms. The molecule has 1 amide bonds. The molecule has 0 fully saturated rings. The highest BCUT2D eigenvalue weighted by Gasteiger charge is 2.20. The Kier molecular flexibility index (Phi) is 52.1. The van der Waals surface area contributed by atoms with Gasteiger partial charge in [-0.25, -0.2) is 0 Å².